The van der Waals surface area contributed by atoms with Gasteiger partial charge in [0.25, 0.3) is 0 Å². The zero-order valence-electron chi connectivity index (χ0n) is 13.1. The highest BCUT2D eigenvalue weighted by Gasteiger charge is 1.98. The monoisotopic (exact) mass is 329 g/mol. The largest absolute Gasteiger partial charge is 0.256 e. The Morgan fingerprint density at radius 2 is 1.67 bits per heavy atom. The topological polar surface area (TPSA) is 12.4 Å². The third kappa shape index (κ3) is 4.59. The van der Waals surface area contributed by atoms with E-state index in [1.807, 2.05) is 79.0 Å². The zero-order valence-corrected chi connectivity index (χ0v) is 13.9. The lowest BCUT2D eigenvalue weighted by Gasteiger charge is -2.01. The molecule has 0 aromatic heterocycles. The minimum Gasteiger partial charge on any atom is -0.256 e. The van der Waals surface area contributed by atoms with Crippen molar-refractivity contribution >= 4 is 23.5 Å². The number of halogens is 1. The van der Waals surface area contributed by atoms with Crippen LogP contribution < -0.4 is 0 Å². The molecule has 0 spiro atoms. The van der Waals surface area contributed by atoms with Crippen molar-refractivity contribution in [1.29, 1.82) is 0 Å². The summed E-state index contributed by atoms with van der Waals surface area (Å²) >= 11 is 6.00. The molecule has 0 fully saturated rings. The Balaban J connectivity index is 1.77. The number of rotatable bonds is 3. The van der Waals surface area contributed by atoms with Gasteiger partial charge in [-0.3, -0.25) is 4.99 Å². The van der Waals surface area contributed by atoms with Gasteiger partial charge >= 0.3 is 0 Å². The normalized spacial score (nSPS) is 10.4. The number of aliphatic imine (C=N–C) groups is 1. The average molecular weight is 330 g/mol. The quantitative estimate of drug-likeness (QED) is 0.432. The van der Waals surface area contributed by atoms with Gasteiger partial charge < -0.3 is 0 Å². The van der Waals surface area contributed by atoms with Gasteiger partial charge in [-0.25, -0.2) is 0 Å². The molecule has 116 valence electrons. The summed E-state index contributed by atoms with van der Waals surface area (Å²) in [5, 5.41) is 0.709. The smallest absolute Gasteiger partial charge is 0.0671 e. The average Bonchev–Trinajstić information content (AvgIpc) is 2.62. The molecular formula is C22H16ClN. The zero-order chi connectivity index (χ0) is 16.6. The summed E-state index contributed by atoms with van der Waals surface area (Å²) in [6, 6.07) is 25.7. The van der Waals surface area contributed by atoms with Crippen LogP contribution in [-0.2, 0) is 6.42 Å². The van der Waals surface area contributed by atoms with Crippen LogP contribution in [0.4, 0.5) is 5.69 Å². The second-order valence-electron chi connectivity index (χ2n) is 5.29. The molecule has 0 aliphatic rings. The van der Waals surface area contributed by atoms with Crippen LogP contribution in [0, 0.1) is 11.8 Å². The van der Waals surface area contributed by atoms with Gasteiger partial charge in [0, 0.05) is 23.2 Å². The SMILES string of the molecule is Clc1cccc(C=Nc2ccccc2CC#Cc2ccccc2)c1. The molecule has 0 heterocycles. The molecule has 0 aliphatic carbocycles. The Hall–Kier alpha value is -2.82. The van der Waals surface area contributed by atoms with E-state index in [2.05, 4.69) is 22.9 Å². The summed E-state index contributed by atoms with van der Waals surface area (Å²) in [6.45, 7) is 0. The lowest BCUT2D eigenvalue weighted by molar-refractivity contribution is 1.29. The van der Waals surface area contributed by atoms with Gasteiger partial charge in [-0.05, 0) is 41.5 Å². The summed E-state index contributed by atoms with van der Waals surface area (Å²) < 4.78 is 0. The van der Waals surface area contributed by atoms with Crippen molar-refractivity contribution in [2.24, 2.45) is 4.99 Å². The van der Waals surface area contributed by atoms with Gasteiger partial charge in [-0.15, -0.1) is 0 Å². The van der Waals surface area contributed by atoms with Crippen molar-refractivity contribution in [2.75, 3.05) is 0 Å². The maximum absolute atomic E-state index is 6.00. The highest BCUT2D eigenvalue weighted by molar-refractivity contribution is 6.30. The van der Waals surface area contributed by atoms with E-state index in [4.69, 9.17) is 11.6 Å². The Bertz CT molecular complexity index is 902. The van der Waals surface area contributed by atoms with E-state index >= 15 is 0 Å². The first kappa shape index (κ1) is 16.1. The lowest BCUT2D eigenvalue weighted by Crippen LogP contribution is -1.85. The van der Waals surface area contributed by atoms with Gasteiger partial charge in [0.1, 0.15) is 0 Å². The van der Waals surface area contributed by atoms with Crippen LogP contribution in [0.3, 0.4) is 0 Å². The lowest BCUT2D eigenvalue weighted by atomic mass is 10.1. The number of hydrogen-bond donors (Lipinski definition) is 0. The fourth-order valence-electron chi connectivity index (χ4n) is 2.28. The van der Waals surface area contributed by atoms with Crippen LogP contribution >= 0.6 is 11.6 Å². The van der Waals surface area contributed by atoms with Crippen LogP contribution in [0.5, 0.6) is 0 Å². The Morgan fingerprint density at radius 1 is 0.875 bits per heavy atom. The summed E-state index contributed by atoms with van der Waals surface area (Å²) in [5.74, 6) is 6.40. The molecule has 0 bridgehead atoms. The van der Waals surface area contributed by atoms with Gasteiger partial charge in [0.05, 0.1) is 5.69 Å². The molecule has 0 atom stereocenters. The molecule has 0 aliphatic heterocycles. The van der Waals surface area contributed by atoms with Gasteiger partial charge in [-0.2, -0.15) is 0 Å². The van der Waals surface area contributed by atoms with E-state index in [-0.39, 0.29) is 0 Å². The van der Waals surface area contributed by atoms with Gasteiger partial charge in [-0.1, -0.05) is 72.0 Å². The molecule has 0 radical (unpaired) electrons. The molecule has 0 unspecified atom stereocenters. The first-order valence-corrected chi connectivity index (χ1v) is 8.10. The van der Waals surface area contributed by atoms with Gasteiger partial charge in [0.15, 0.2) is 0 Å². The Labute approximate surface area is 147 Å². The third-order valence-electron chi connectivity index (χ3n) is 3.48. The maximum atomic E-state index is 6.00. The minimum atomic E-state index is 0.665. The van der Waals surface area contributed by atoms with Crippen LogP contribution in [-0.4, -0.2) is 6.21 Å². The first-order chi connectivity index (χ1) is 11.8. The number of nitrogens with zero attached hydrogens (tertiary/aromatic N) is 1. The molecule has 0 saturated carbocycles. The molecule has 3 rings (SSSR count). The van der Waals surface area contributed by atoms with Crippen molar-refractivity contribution in [1.82, 2.24) is 0 Å². The predicted octanol–water partition coefficient (Wildman–Crippen LogP) is 5.68. The van der Waals surface area contributed by atoms with Gasteiger partial charge in [0.2, 0.25) is 0 Å². The van der Waals surface area contributed by atoms with Crippen molar-refractivity contribution in [2.45, 2.75) is 6.42 Å². The molecular weight excluding hydrogens is 314 g/mol. The van der Waals surface area contributed by atoms with Crippen molar-refractivity contribution in [3.05, 3.63) is 101 Å². The fourth-order valence-corrected chi connectivity index (χ4v) is 2.48. The molecule has 3 aromatic carbocycles. The Kier molecular flexibility index (Phi) is 5.45. The van der Waals surface area contributed by atoms with Crippen LogP contribution in [0.1, 0.15) is 16.7 Å². The highest BCUT2D eigenvalue weighted by atomic mass is 35.5. The number of hydrogen-bond acceptors (Lipinski definition) is 1. The minimum absolute atomic E-state index is 0.665. The van der Waals surface area contributed by atoms with E-state index < -0.39 is 0 Å². The van der Waals surface area contributed by atoms with Crippen LogP contribution in [0.15, 0.2) is 83.9 Å². The standard InChI is InChI=1S/C22H16ClN/c23-21-14-7-11-19(16-21)17-24-22-15-5-4-12-20(22)13-6-10-18-8-2-1-3-9-18/h1-5,7-9,11-12,14-17H,13H2. The van der Waals surface area contributed by atoms with E-state index in [0.29, 0.717) is 11.4 Å². The highest BCUT2D eigenvalue weighted by Crippen LogP contribution is 2.19. The van der Waals surface area contributed by atoms with Crippen molar-refractivity contribution < 1.29 is 0 Å². The number of benzene rings is 3. The molecule has 24 heavy (non-hydrogen) atoms. The first-order valence-electron chi connectivity index (χ1n) is 7.73. The summed E-state index contributed by atoms with van der Waals surface area (Å²) in [5.41, 5.74) is 4.05. The molecule has 0 saturated heterocycles. The maximum Gasteiger partial charge on any atom is 0.0671 e. The predicted molar refractivity (Wildman–Crippen MR) is 102 cm³/mol. The molecule has 1 nitrogen and oxygen atoms in total. The molecule has 0 N–H and O–H groups in total. The van der Waals surface area contributed by atoms with Crippen LogP contribution in [0.2, 0.25) is 5.02 Å². The van der Waals surface area contributed by atoms with Crippen LogP contribution in [0.25, 0.3) is 0 Å². The number of para-hydroxylation sites is 1. The van der Waals surface area contributed by atoms with E-state index in [1.54, 1.807) is 0 Å². The summed E-state index contributed by atoms with van der Waals surface area (Å²) in [6.07, 6.45) is 2.49. The molecule has 3 aromatic rings. The summed E-state index contributed by atoms with van der Waals surface area (Å²) in [4.78, 5) is 4.59. The molecule has 2 heteroatoms. The second kappa shape index (κ2) is 8.15. The third-order valence-corrected chi connectivity index (χ3v) is 3.71. The van der Waals surface area contributed by atoms with E-state index in [1.165, 1.54) is 0 Å². The summed E-state index contributed by atoms with van der Waals surface area (Å²) in [7, 11) is 0. The van der Waals surface area contributed by atoms with E-state index in [9.17, 15) is 0 Å². The van der Waals surface area contributed by atoms with Crippen molar-refractivity contribution in [3.63, 3.8) is 0 Å². The van der Waals surface area contributed by atoms with Crippen molar-refractivity contribution in [3.8, 4) is 11.8 Å². The second-order valence-corrected chi connectivity index (χ2v) is 5.72. The fraction of sp³-hybridized carbons (Fsp3) is 0.0455. The Morgan fingerprint density at radius 3 is 2.50 bits per heavy atom. The molecule has 0 amide bonds. The van der Waals surface area contributed by atoms with E-state index in [0.717, 1.165) is 22.4 Å².